The number of hydrogen-bond donors (Lipinski definition) is 2. The molecule has 17 heavy (non-hydrogen) atoms. The van der Waals surface area contributed by atoms with Crippen LogP contribution in [0.3, 0.4) is 0 Å². The van der Waals surface area contributed by atoms with Crippen molar-refractivity contribution in [3.8, 4) is 0 Å². The Kier molecular flexibility index (Phi) is 4.34. The minimum Gasteiger partial charge on any atom is -0.399 e. The van der Waals surface area contributed by atoms with Crippen LogP contribution in [0.2, 0.25) is 5.02 Å². The molecule has 5 nitrogen and oxygen atoms in total. The van der Waals surface area contributed by atoms with E-state index in [2.05, 4.69) is 0 Å². The number of rotatable bonds is 4. The molecule has 0 saturated carbocycles. The van der Waals surface area contributed by atoms with Gasteiger partial charge in [0.05, 0.1) is 17.1 Å². The molecule has 0 aromatic heterocycles. The van der Waals surface area contributed by atoms with Crippen molar-refractivity contribution in [1.29, 1.82) is 0 Å². The maximum absolute atomic E-state index is 12.1. The summed E-state index contributed by atoms with van der Waals surface area (Å²) in [5.41, 5.74) is 11.4. The summed E-state index contributed by atoms with van der Waals surface area (Å²) >= 11 is 5.91. The van der Waals surface area contributed by atoms with Crippen LogP contribution < -0.4 is 11.5 Å². The lowest BCUT2D eigenvalue weighted by Crippen LogP contribution is -2.38. The van der Waals surface area contributed by atoms with E-state index in [1.807, 2.05) is 0 Å². The third kappa shape index (κ3) is 3.35. The third-order valence-electron chi connectivity index (χ3n) is 2.24. The van der Waals surface area contributed by atoms with Crippen LogP contribution in [0.4, 0.5) is 5.69 Å². The molecule has 0 aliphatic carbocycles. The van der Waals surface area contributed by atoms with E-state index in [1.165, 1.54) is 11.0 Å². The fraction of sp³-hybridized carbons (Fsp3) is 0.273. The molecule has 92 valence electrons. The first-order valence-corrected chi connectivity index (χ1v) is 5.46. The number of nitrogens with two attached hydrogens (primary N) is 2. The van der Waals surface area contributed by atoms with Gasteiger partial charge in [0.25, 0.3) is 5.91 Å². The average Bonchev–Trinajstić information content (AvgIpc) is 2.28. The summed E-state index contributed by atoms with van der Waals surface area (Å²) in [6.45, 7) is 1.98. The lowest BCUT2D eigenvalue weighted by molar-refractivity contribution is -0.118. The highest BCUT2D eigenvalue weighted by Crippen LogP contribution is 2.20. The number of benzene rings is 1. The van der Waals surface area contributed by atoms with Gasteiger partial charge in [0.1, 0.15) is 0 Å². The van der Waals surface area contributed by atoms with E-state index in [0.717, 1.165) is 0 Å². The molecular formula is C11H14ClN3O2. The van der Waals surface area contributed by atoms with Crippen LogP contribution in [0.25, 0.3) is 0 Å². The maximum atomic E-state index is 12.1. The van der Waals surface area contributed by atoms with Crippen LogP contribution in [0.1, 0.15) is 17.3 Å². The Hall–Kier alpha value is -1.75. The Morgan fingerprint density at radius 1 is 1.41 bits per heavy atom. The largest absolute Gasteiger partial charge is 0.399 e. The smallest absolute Gasteiger partial charge is 0.255 e. The summed E-state index contributed by atoms with van der Waals surface area (Å²) in [6.07, 6.45) is 0. The Balaban J connectivity index is 3.01. The van der Waals surface area contributed by atoms with Crippen LogP contribution in [0.15, 0.2) is 18.2 Å². The van der Waals surface area contributed by atoms with Gasteiger partial charge in [-0.1, -0.05) is 11.6 Å². The number of anilines is 1. The van der Waals surface area contributed by atoms with Crippen molar-refractivity contribution in [3.63, 3.8) is 0 Å². The average molecular weight is 256 g/mol. The summed E-state index contributed by atoms with van der Waals surface area (Å²) in [4.78, 5) is 24.2. The lowest BCUT2D eigenvalue weighted by Gasteiger charge is -2.19. The normalized spacial score (nSPS) is 10.0. The van der Waals surface area contributed by atoms with Crippen LogP contribution >= 0.6 is 11.6 Å². The first-order valence-electron chi connectivity index (χ1n) is 5.08. The fourth-order valence-corrected chi connectivity index (χ4v) is 1.59. The van der Waals surface area contributed by atoms with Crippen molar-refractivity contribution in [2.24, 2.45) is 5.73 Å². The molecule has 0 unspecified atom stereocenters. The first kappa shape index (κ1) is 13.3. The first-order chi connectivity index (χ1) is 7.95. The standard InChI is InChI=1S/C11H14ClN3O2/c1-2-15(6-10(14)16)11(17)8-5-7(13)3-4-9(8)12/h3-5H,2,6,13H2,1H3,(H2,14,16). The predicted molar refractivity (Wildman–Crippen MR) is 66.6 cm³/mol. The van der Waals surface area contributed by atoms with Gasteiger partial charge in [0, 0.05) is 12.2 Å². The molecule has 4 N–H and O–H groups in total. The minimum atomic E-state index is -0.569. The van der Waals surface area contributed by atoms with Gasteiger partial charge in [-0.05, 0) is 25.1 Å². The quantitative estimate of drug-likeness (QED) is 0.783. The van der Waals surface area contributed by atoms with Crippen molar-refractivity contribution in [2.75, 3.05) is 18.8 Å². The second-order valence-electron chi connectivity index (χ2n) is 3.52. The molecule has 0 aliphatic rings. The van der Waals surface area contributed by atoms with E-state index in [-0.39, 0.29) is 18.0 Å². The van der Waals surface area contributed by atoms with Gasteiger partial charge in [-0.15, -0.1) is 0 Å². The molecule has 1 aromatic carbocycles. The molecule has 1 rings (SSSR count). The summed E-state index contributed by atoms with van der Waals surface area (Å²) < 4.78 is 0. The summed E-state index contributed by atoms with van der Waals surface area (Å²) in [5.74, 6) is -0.927. The van der Waals surface area contributed by atoms with Gasteiger partial charge < -0.3 is 16.4 Å². The maximum Gasteiger partial charge on any atom is 0.255 e. The Morgan fingerprint density at radius 2 is 2.06 bits per heavy atom. The van der Waals surface area contributed by atoms with Crippen LogP contribution in [0, 0.1) is 0 Å². The highest BCUT2D eigenvalue weighted by atomic mass is 35.5. The molecule has 0 atom stereocenters. The van der Waals surface area contributed by atoms with Gasteiger partial charge in [0.2, 0.25) is 5.91 Å². The number of hydrogen-bond acceptors (Lipinski definition) is 3. The SMILES string of the molecule is CCN(CC(N)=O)C(=O)c1cc(N)ccc1Cl. The van der Waals surface area contributed by atoms with Gasteiger partial charge in [-0.25, -0.2) is 0 Å². The van der Waals surface area contributed by atoms with Crippen molar-refractivity contribution in [1.82, 2.24) is 4.90 Å². The number of halogens is 1. The molecule has 0 fully saturated rings. The van der Waals surface area contributed by atoms with Crippen LogP contribution in [0.5, 0.6) is 0 Å². The van der Waals surface area contributed by atoms with Crippen molar-refractivity contribution >= 4 is 29.1 Å². The van der Waals surface area contributed by atoms with E-state index < -0.39 is 5.91 Å². The molecule has 0 saturated heterocycles. The van der Waals surface area contributed by atoms with Gasteiger partial charge >= 0.3 is 0 Å². The van der Waals surface area contributed by atoms with Gasteiger partial charge in [0.15, 0.2) is 0 Å². The van der Waals surface area contributed by atoms with E-state index in [4.69, 9.17) is 23.1 Å². The number of nitrogen functional groups attached to an aromatic ring is 1. The Bertz CT molecular complexity index is 448. The van der Waals surface area contributed by atoms with Gasteiger partial charge in [-0.3, -0.25) is 9.59 Å². The molecule has 0 radical (unpaired) electrons. The Labute approximate surface area is 104 Å². The zero-order valence-electron chi connectivity index (χ0n) is 9.44. The summed E-state index contributed by atoms with van der Waals surface area (Å²) in [5, 5.41) is 0.298. The monoisotopic (exact) mass is 255 g/mol. The lowest BCUT2D eigenvalue weighted by atomic mass is 10.1. The molecule has 6 heteroatoms. The highest BCUT2D eigenvalue weighted by molar-refractivity contribution is 6.34. The minimum absolute atomic E-state index is 0.138. The molecule has 1 aromatic rings. The Morgan fingerprint density at radius 3 is 2.59 bits per heavy atom. The highest BCUT2D eigenvalue weighted by Gasteiger charge is 2.18. The van der Waals surface area contributed by atoms with Crippen molar-refractivity contribution in [3.05, 3.63) is 28.8 Å². The third-order valence-corrected chi connectivity index (χ3v) is 2.57. The molecular weight excluding hydrogens is 242 g/mol. The summed E-state index contributed by atoms with van der Waals surface area (Å²) in [7, 11) is 0. The van der Waals surface area contributed by atoms with Crippen LogP contribution in [-0.4, -0.2) is 29.8 Å². The molecule has 2 amide bonds. The molecule has 0 spiro atoms. The zero-order valence-corrected chi connectivity index (χ0v) is 10.2. The number of primary amides is 1. The van der Waals surface area contributed by atoms with Gasteiger partial charge in [-0.2, -0.15) is 0 Å². The predicted octanol–water partition coefficient (Wildman–Crippen LogP) is 0.870. The zero-order chi connectivity index (χ0) is 13.0. The molecule has 0 aliphatic heterocycles. The topological polar surface area (TPSA) is 89.4 Å². The fourth-order valence-electron chi connectivity index (χ4n) is 1.39. The van der Waals surface area contributed by atoms with Crippen molar-refractivity contribution in [2.45, 2.75) is 6.92 Å². The van der Waals surface area contributed by atoms with E-state index in [9.17, 15) is 9.59 Å². The number of likely N-dealkylation sites (N-methyl/N-ethyl adjacent to an activating group) is 1. The van der Waals surface area contributed by atoms with E-state index >= 15 is 0 Å². The molecule has 0 bridgehead atoms. The number of amides is 2. The molecule has 0 heterocycles. The number of nitrogens with zero attached hydrogens (tertiary/aromatic N) is 1. The van der Waals surface area contributed by atoms with E-state index in [1.54, 1.807) is 19.1 Å². The second kappa shape index (κ2) is 5.54. The van der Waals surface area contributed by atoms with E-state index in [0.29, 0.717) is 17.3 Å². The number of carbonyl (C=O) groups is 2. The second-order valence-corrected chi connectivity index (χ2v) is 3.93. The van der Waals surface area contributed by atoms with Crippen molar-refractivity contribution < 1.29 is 9.59 Å². The number of carbonyl (C=O) groups excluding carboxylic acids is 2. The van der Waals surface area contributed by atoms with Crippen LogP contribution in [-0.2, 0) is 4.79 Å². The summed E-state index contributed by atoms with van der Waals surface area (Å²) in [6, 6.07) is 4.63.